The summed E-state index contributed by atoms with van der Waals surface area (Å²) in [5.41, 5.74) is 0.988. The van der Waals surface area contributed by atoms with Crippen molar-refractivity contribution in [3.63, 3.8) is 0 Å². The summed E-state index contributed by atoms with van der Waals surface area (Å²) in [5.74, 6) is -0.258. The Morgan fingerprint density at radius 3 is 2.52 bits per heavy atom. The molecule has 0 amide bonds. The fourth-order valence-corrected chi connectivity index (χ4v) is 2.49. The van der Waals surface area contributed by atoms with Crippen molar-refractivity contribution in [1.82, 2.24) is 5.32 Å². The molecule has 2 N–H and O–H groups in total. The predicted octanol–water partition coefficient (Wildman–Crippen LogP) is 1.93. The summed E-state index contributed by atoms with van der Waals surface area (Å²) < 4.78 is 41.3. The van der Waals surface area contributed by atoms with Crippen molar-refractivity contribution in [3.8, 4) is 0 Å². The van der Waals surface area contributed by atoms with E-state index in [9.17, 15) is 18.0 Å². The van der Waals surface area contributed by atoms with E-state index in [2.05, 4.69) is 4.74 Å². The summed E-state index contributed by atoms with van der Waals surface area (Å²) in [7, 11) is 1.08. The van der Waals surface area contributed by atoms with Gasteiger partial charge in [-0.15, -0.1) is 0 Å². The molecule has 0 bridgehead atoms. The van der Waals surface area contributed by atoms with Crippen LogP contribution < -0.4 is 5.32 Å². The maximum atomic E-state index is 12.3. The average molecular weight is 323 g/mol. The Kier molecular flexibility index (Phi) is 7.00. The standard InChI is InChI=1S/C13H16F3NO3S/c1-20-11(18)10(17-12(19)13(14,15)16)8-21-7-9-5-3-2-4-6-9/h2-6,10,12,17,19H,7-8H2,1H3/t10-,12-/m0/s1. The number of hydrogen-bond acceptors (Lipinski definition) is 5. The molecule has 1 aromatic rings. The third-order valence-corrected chi connectivity index (χ3v) is 3.66. The number of nitrogens with one attached hydrogen (secondary N) is 1. The van der Waals surface area contributed by atoms with Gasteiger partial charge in [0, 0.05) is 11.5 Å². The SMILES string of the molecule is COC(=O)[C@H](CSCc1ccccc1)N[C@@H](O)C(F)(F)F. The minimum absolute atomic E-state index is 0.0503. The van der Waals surface area contributed by atoms with E-state index in [4.69, 9.17) is 5.11 Å². The Hall–Kier alpha value is -1.25. The van der Waals surface area contributed by atoms with Crippen LogP contribution in [0.15, 0.2) is 30.3 Å². The van der Waals surface area contributed by atoms with Crippen molar-refractivity contribution < 1.29 is 27.8 Å². The lowest BCUT2D eigenvalue weighted by molar-refractivity contribution is -0.216. The van der Waals surface area contributed by atoms with Crippen molar-refractivity contribution in [1.29, 1.82) is 0 Å². The third-order valence-electron chi connectivity index (χ3n) is 2.55. The first-order valence-corrected chi connectivity index (χ1v) is 7.20. The van der Waals surface area contributed by atoms with Crippen LogP contribution in [0, 0.1) is 0 Å². The number of aliphatic hydroxyl groups excluding tert-OH is 1. The number of esters is 1. The molecule has 2 atom stereocenters. The summed E-state index contributed by atoms with van der Waals surface area (Å²) in [6, 6.07) is 8.06. The van der Waals surface area contributed by atoms with Crippen LogP contribution in [0.5, 0.6) is 0 Å². The van der Waals surface area contributed by atoms with E-state index in [1.807, 2.05) is 35.6 Å². The maximum Gasteiger partial charge on any atom is 0.427 e. The van der Waals surface area contributed by atoms with Gasteiger partial charge >= 0.3 is 12.1 Å². The van der Waals surface area contributed by atoms with Gasteiger partial charge < -0.3 is 9.84 Å². The second kappa shape index (κ2) is 8.26. The lowest BCUT2D eigenvalue weighted by Crippen LogP contribution is -2.51. The number of hydrogen-bond donors (Lipinski definition) is 2. The highest BCUT2D eigenvalue weighted by molar-refractivity contribution is 7.98. The third kappa shape index (κ3) is 6.36. The van der Waals surface area contributed by atoms with Crippen LogP contribution in [0.2, 0.25) is 0 Å². The number of ether oxygens (including phenoxy) is 1. The van der Waals surface area contributed by atoms with Gasteiger partial charge in [0.05, 0.1) is 7.11 Å². The minimum Gasteiger partial charge on any atom is -0.468 e. The Morgan fingerprint density at radius 2 is 2.00 bits per heavy atom. The van der Waals surface area contributed by atoms with E-state index in [1.165, 1.54) is 11.8 Å². The molecule has 21 heavy (non-hydrogen) atoms. The second-order valence-corrected chi connectivity index (χ2v) is 5.22. The molecule has 0 radical (unpaired) electrons. The van der Waals surface area contributed by atoms with Gasteiger partial charge in [0.15, 0.2) is 0 Å². The Bertz CT molecular complexity index is 442. The first-order chi connectivity index (χ1) is 9.84. The highest BCUT2D eigenvalue weighted by atomic mass is 32.2. The zero-order valence-corrected chi connectivity index (χ0v) is 12.1. The molecule has 0 aliphatic carbocycles. The number of rotatable bonds is 7. The molecule has 0 aliphatic rings. The quantitative estimate of drug-likeness (QED) is 0.593. The Morgan fingerprint density at radius 1 is 1.38 bits per heavy atom. The van der Waals surface area contributed by atoms with Crippen molar-refractivity contribution in [2.24, 2.45) is 0 Å². The molecule has 4 nitrogen and oxygen atoms in total. The van der Waals surface area contributed by atoms with Crippen LogP contribution in [0.3, 0.4) is 0 Å². The molecule has 0 unspecified atom stereocenters. The lowest BCUT2D eigenvalue weighted by atomic mass is 10.2. The number of alkyl halides is 3. The molecule has 8 heteroatoms. The molecule has 118 valence electrons. The molecule has 0 saturated heterocycles. The monoisotopic (exact) mass is 323 g/mol. The van der Waals surface area contributed by atoms with Crippen molar-refractivity contribution in [2.75, 3.05) is 12.9 Å². The van der Waals surface area contributed by atoms with Crippen LogP contribution in [-0.2, 0) is 15.3 Å². The summed E-state index contributed by atoms with van der Waals surface area (Å²) in [4.78, 5) is 11.4. The van der Waals surface area contributed by atoms with Crippen molar-refractivity contribution >= 4 is 17.7 Å². The Balaban J connectivity index is 2.52. The van der Waals surface area contributed by atoms with Crippen molar-refractivity contribution in [2.45, 2.75) is 24.2 Å². The molecule has 0 aromatic heterocycles. The average Bonchev–Trinajstić information content (AvgIpc) is 2.45. The molecule has 0 heterocycles. The van der Waals surface area contributed by atoms with Gasteiger partial charge in [-0.05, 0) is 5.56 Å². The summed E-state index contributed by atoms with van der Waals surface area (Å²) in [5, 5.41) is 10.8. The summed E-state index contributed by atoms with van der Waals surface area (Å²) in [6.07, 6.45) is -7.60. The van der Waals surface area contributed by atoms with Gasteiger partial charge in [-0.2, -0.15) is 24.9 Å². The first kappa shape index (κ1) is 17.8. The number of carbonyl (C=O) groups excluding carboxylic acids is 1. The fourth-order valence-electron chi connectivity index (χ4n) is 1.48. The first-order valence-electron chi connectivity index (χ1n) is 6.05. The molecular weight excluding hydrogens is 307 g/mol. The summed E-state index contributed by atoms with van der Waals surface area (Å²) in [6.45, 7) is 0. The van der Waals surface area contributed by atoms with E-state index in [0.29, 0.717) is 5.75 Å². The smallest absolute Gasteiger partial charge is 0.427 e. The molecule has 0 saturated carbocycles. The lowest BCUT2D eigenvalue weighted by Gasteiger charge is -2.22. The number of thioether (sulfide) groups is 1. The van der Waals surface area contributed by atoms with Crippen molar-refractivity contribution in [3.05, 3.63) is 35.9 Å². The van der Waals surface area contributed by atoms with Gasteiger partial charge in [0.1, 0.15) is 6.04 Å². The zero-order chi connectivity index (χ0) is 15.9. The Labute approximate surface area is 124 Å². The molecular formula is C13H16F3NO3S. The highest BCUT2D eigenvalue weighted by Gasteiger charge is 2.40. The molecule has 1 rings (SSSR count). The van der Waals surface area contributed by atoms with Crippen LogP contribution >= 0.6 is 11.8 Å². The molecule has 0 aliphatic heterocycles. The van der Waals surface area contributed by atoms with Gasteiger partial charge in [-0.3, -0.25) is 10.1 Å². The normalized spacial score (nSPS) is 14.5. The van der Waals surface area contributed by atoms with E-state index in [1.54, 1.807) is 0 Å². The van der Waals surface area contributed by atoms with E-state index < -0.39 is 24.4 Å². The number of benzene rings is 1. The predicted molar refractivity (Wildman–Crippen MR) is 73.6 cm³/mol. The van der Waals surface area contributed by atoms with Gasteiger partial charge in [-0.25, -0.2) is 0 Å². The van der Waals surface area contributed by atoms with E-state index in [0.717, 1.165) is 12.7 Å². The number of halogens is 3. The molecule has 1 aromatic carbocycles. The number of aliphatic hydroxyl groups is 1. The van der Waals surface area contributed by atoms with Gasteiger partial charge in [-0.1, -0.05) is 30.3 Å². The highest BCUT2D eigenvalue weighted by Crippen LogP contribution is 2.20. The maximum absolute atomic E-state index is 12.3. The summed E-state index contributed by atoms with van der Waals surface area (Å²) >= 11 is 1.27. The minimum atomic E-state index is -4.84. The topological polar surface area (TPSA) is 58.6 Å². The largest absolute Gasteiger partial charge is 0.468 e. The van der Waals surface area contributed by atoms with Gasteiger partial charge in [0.2, 0.25) is 6.23 Å². The molecule has 0 spiro atoms. The number of methoxy groups -OCH3 is 1. The van der Waals surface area contributed by atoms with Crippen LogP contribution in [0.1, 0.15) is 5.56 Å². The van der Waals surface area contributed by atoms with E-state index in [-0.39, 0.29) is 5.75 Å². The second-order valence-electron chi connectivity index (χ2n) is 4.19. The number of carbonyl (C=O) groups is 1. The van der Waals surface area contributed by atoms with Crippen LogP contribution in [0.25, 0.3) is 0 Å². The van der Waals surface area contributed by atoms with Crippen LogP contribution in [-0.4, -0.2) is 42.4 Å². The van der Waals surface area contributed by atoms with E-state index >= 15 is 0 Å². The zero-order valence-electron chi connectivity index (χ0n) is 11.3. The van der Waals surface area contributed by atoms with Gasteiger partial charge in [0.25, 0.3) is 0 Å². The van der Waals surface area contributed by atoms with Crippen LogP contribution in [0.4, 0.5) is 13.2 Å². The molecule has 0 fully saturated rings. The fraction of sp³-hybridized carbons (Fsp3) is 0.462.